The summed E-state index contributed by atoms with van der Waals surface area (Å²) in [5.41, 5.74) is 3.13. The van der Waals surface area contributed by atoms with Gasteiger partial charge in [0.2, 0.25) is 0 Å². The lowest BCUT2D eigenvalue weighted by molar-refractivity contribution is 0.291. The van der Waals surface area contributed by atoms with Crippen LogP contribution in [-0.4, -0.2) is 15.8 Å². The van der Waals surface area contributed by atoms with Gasteiger partial charge in [-0.2, -0.15) is 5.10 Å². The zero-order valence-electron chi connectivity index (χ0n) is 12.4. The number of nitrogens with one attached hydrogen (secondary N) is 1. The van der Waals surface area contributed by atoms with Gasteiger partial charge in [-0.25, -0.2) is 0 Å². The second kappa shape index (κ2) is 6.08. The van der Waals surface area contributed by atoms with E-state index in [-0.39, 0.29) is 0 Å². The Bertz CT molecular complexity index is 634. The fourth-order valence-electron chi connectivity index (χ4n) is 2.34. The van der Waals surface area contributed by atoms with Gasteiger partial charge in [0.15, 0.2) is 0 Å². The minimum absolute atomic E-state index is 0.470. The standard InChI is InChI=1S/C16H20ClN3O/c1-11-8-14(20(2)19-11)10-21-16-12(4-3-5-15(16)17)9-18-13-6-7-13/h3-5,8,13,18H,6-7,9-10H2,1-2H3. The van der Waals surface area contributed by atoms with Gasteiger partial charge in [-0.3, -0.25) is 4.68 Å². The van der Waals surface area contributed by atoms with Crippen LogP contribution in [-0.2, 0) is 20.2 Å². The summed E-state index contributed by atoms with van der Waals surface area (Å²) in [5, 5.41) is 8.48. The summed E-state index contributed by atoms with van der Waals surface area (Å²) in [6.45, 7) is 3.24. The number of halogens is 1. The topological polar surface area (TPSA) is 39.1 Å². The number of hydrogen-bond acceptors (Lipinski definition) is 3. The molecule has 1 saturated carbocycles. The van der Waals surface area contributed by atoms with Crippen molar-refractivity contribution in [3.8, 4) is 5.75 Å². The van der Waals surface area contributed by atoms with Crippen molar-refractivity contribution in [1.82, 2.24) is 15.1 Å². The van der Waals surface area contributed by atoms with Crippen LogP contribution in [0.4, 0.5) is 0 Å². The smallest absolute Gasteiger partial charge is 0.142 e. The first kappa shape index (κ1) is 14.4. The molecule has 1 aromatic heterocycles. The highest BCUT2D eigenvalue weighted by atomic mass is 35.5. The maximum atomic E-state index is 6.30. The van der Waals surface area contributed by atoms with Crippen molar-refractivity contribution in [2.45, 2.75) is 39.0 Å². The molecule has 0 saturated heterocycles. The molecule has 1 heterocycles. The van der Waals surface area contributed by atoms with Crippen LogP contribution in [0, 0.1) is 6.92 Å². The van der Waals surface area contributed by atoms with Crippen LogP contribution in [0.25, 0.3) is 0 Å². The number of benzene rings is 1. The summed E-state index contributed by atoms with van der Waals surface area (Å²) in [7, 11) is 1.92. The molecule has 1 fully saturated rings. The zero-order chi connectivity index (χ0) is 14.8. The van der Waals surface area contributed by atoms with Crippen molar-refractivity contribution < 1.29 is 4.74 Å². The summed E-state index contributed by atoms with van der Waals surface area (Å²) < 4.78 is 7.81. The molecule has 3 rings (SSSR count). The highest BCUT2D eigenvalue weighted by Gasteiger charge is 2.21. The minimum Gasteiger partial charge on any atom is -0.485 e. The second-order valence-corrected chi connectivity index (χ2v) is 5.98. The molecule has 5 heteroatoms. The first-order valence-electron chi connectivity index (χ1n) is 7.26. The lowest BCUT2D eigenvalue weighted by Gasteiger charge is -2.13. The van der Waals surface area contributed by atoms with Crippen LogP contribution in [0.1, 0.15) is 29.8 Å². The Morgan fingerprint density at radius 1 is 1.43 bits per heavy atom. The van der Waals surface area contributed by atoms with E-state index in [0.717, 1.165) is 29.2 Å². The lowest BCUT2D eigenvalue weighted by atomic mass is 10.2. The number of aromatic nitrogens is 2. The molecule has 2 aromatic rings. The first-order valence-corrected chi connectivity index (χ1v) is 7.64. The van der Waals surface area contributed by atoms with Crippen LogP contribution >= 0.6 is 11.6 Å². The summed E-state index contributed by atoms with van der Waals surface area (Å²) in [6.07, 6.45) is 2.54. The third-order valence-corrected chi connectivity index (χ3v) is 3.97. The summed E-state index contributed by atoms with van der Waals surface area (Å²) in [5.74, 6) is 0.770. The van der Waals surface area contributed by atoms with Gasteiger partial charge >= 0.3 is 0 Å². The van der Waals surface area contributed by atoms with Crippen molar-refractivity contribution >= 4 is 11.6 Å². The first-order chi connectivity index (χ1) is 10.1. The zero-order valence-corrected chi connectivity index (χ0v) is 13.2. The van der Waals surface area contributed by atoms with Gasteiger partial charge in [-0.15, -0.1) is 0 Å². The Morgan fingerprint density at radius 3 is 2.90 bits per heavy atom. The third kappa shape index (κ3) is 3.57. The minimum atomic E-state index is 0.470. The Hall–Kier alpha value is -1.52. The number of hydrogen-bond donors (Lipinski definition) is 1. The molecular formula is C16H20ClN3O. The van der Waals surface area contributed by atoms with E-state index in [4.69, 9.17) is 16.3 Å². The van der Waals surface area contributed by atoms with Crippen molar-refractivity contribution in [3.63, 3.8) is 0 Å². The molecule has 1 N–H and O–H groups in total. The quantitative estimate of drug-likeness (QED) is 0.890. The molecule has 0 spiro atoms. The predicted molar refractivity (Wildman–Crippen MR) is 83.6 cm³/mol. The van der Waals surface area contributed by atoms with E-state index in [9.17, 15) is 0 Å². The molecule has 0 radical (unpaired) electrons. The molecule has 0 bridgehead atoms. The van der Waals surface area contributed by atoms with Crippen LogP contribution < -0.4 is 10.1 Å². The van der Waals surface area contributed by atoms with Gasteiger partial charge in [-0.05, 0) is 31.9 Å². The summed E-state index contributed by atoms with van der Waals surface area (Å²) >= 11 is 6.30. The van der Waals surface area contributed by atoms with E-state index in [1.54, 1.807) is 0 Å². The molecule has 1 aliphatic carbocycles. The average Bonchev–Trinajstić information content (AvgIpc) is 3.21. The maximum Gasteiger partial charge on any atom is 0.142 e. The average molecular weight is 306 g/mol. The highest BCUT2D eigenvalue weighted by Crippen LogP contribution is 2.30. The van der Waals surface area contributed by atoms with Crippen molar-refractivity contribution in [1.29, 1.82) is 0 Å². The SMILES string of the molecule is Cc1cc(COc2c(Cl)cccc2CNC2CC2)n(C)n1. The van der Waals surface area contributed by atoms with Gasteiger partial charge in [-0.1, -0.05) is 23.7 Å². The molecular weight excluding hydrogens is 286 g/mol. The maximum absolute atomic E-state index is 6.30. The Morgan fingerprint density at radius 2 is 2.24 bits per heavy atom. The molecule has 4 nitrogen and oxygen atoms in total. The van der Waals surface area contributed by atoms with Crippen LogP contribution in [0.3, 0.4) is 0 Å². The van der Waals surface area contributed by atoms with Gasteiger partial charge in [0.1, 0.15) is 12.4 Å². The fraction of sp³-hybridized carbons (Fsp3) is 0.438. The van der Waals surface area contributed by atoms with E-state index < -0.39 is 0 Å². The molecule has 0 aliphatic heterocycles. The van der Waals surface area contributed by atoms with Gasteiger partial charge in [0.25, 0.3) is 0 Å². The molecule has 1 aliphatic rings. The molecule has 0 unspecified atom stereocenters. The van der Waals surface area contributed by atoms with Crippen molar-refractivity contribution in [3.05, 3.63) is 46.2 Å². The second-order valence-electron chi connectivity index (χ2n) is 5.57. The fourth-order valence-corrected chi connectivity index (χ4v) is 2.59. The van der Waals surface area contributed by atoms with Crippen LogP contribution in [0.2, 0.25) is 5.02 Å². The van der Waals surface area contributed by atoms with E-state index in [1.165, 1.54) is 12.8 Å². The van der Waals surface area contributed by atoms with Crippen LogP contribution in [0.15, 0.2) is 24.3 Å². The third-order valence-electron chi connectivity index (χ3n) is 3.67. The van der Waals surface area contributed by atoms with E-state index >= 15 is 0 Å². The Balaban J connectivity index is 1.72. The van der Waals surface area contributed by atoms with Gasteiger partial charge in [0.05, 0.1) is 16.4 Å². The number of ether oxygens (including phenoxy) is 1. The lowest BCUT2D eigenvalue weighted by Crippen LogP contribution is -2.16. The predicted octanol–water partition coefficient (Wildman–Crippen LogP) is 3.21. The Labute approximate surface area is 130 Å². The molecule has 1 aromatic carbocycles. The number of para-hydroxylation sites is 1. The molecule has 21 heavy (non-hydrogen) atoms. The molecule has 0 amide bonds. The number of aryl methyl sites for hydroxylation is 2. The van der Waals surface area contributed by atoms with Gasteiger partial charge < -0.3 is 10.1 Å². The normalized spacial score (nSPS) is 14.4. The van der Waals surface area contributed by atoms with Crippen molar-refractivity contribution in [2.24, 2.45) is 7.05 Å². The Kier molecular flexibility index (Phi) is 4.17. The van der Waals surface area contributed by atoms with E-state index in [1.807, 2.05) is 36.9 Å². The molecule has 0 atom stereocenters. The van der Waals surface area contributed by atoms with Crippen LogP contribution in [0.5, 0.6) is 5.75 Å². The number of nitrogens with zero attached hydrogens (tertiary/aromatic N) is 2. The number of rotatable bonds is 6. The molecule has 112 valence electrons. The van der Waals surface area contributed by atoms with Crippen molar-refractivity contribution in [2.75, 3.05) is 0 Å². The van der Waals surface area contributed by atoms with Gasteiger partial charge in [0, 0.05) is 25.2 Å². The largest absolute Gasteiger partial charge is 0.485 e. The van der Waals surface area contributed by atoms with E-state index in [0.29, 0.717) is 17.7 Å². The van der Waals surface area contributed by atoms with E-state index in [2.05, 4.69) is 16.5 Å². The summed E-state index contributed by atoms with van der Waals surface area (Å²) in [4.78, 5) is 0. The summed E-state index contributed by atoms with van der Waals surface area (Å²) in [6, 6.07) is 8.58. The monoisotopic (exact) mass is 305 g/mol. The highest BCUT2D eigenvalue weighted by molar-refractivity contribution is 6.32.